The summed E-state index contributed by atoms with van der Waals surface area (Å²) in [4.78, 5) is 1.05. The summed E-state index contributed by atoms with van der Waals surface area (Å²) in [6, 6.07) is 5.67. The average Bonchev–Trinajstić information content (AvgIpc) is 2.16. The fraction of sp³-hybridized carbons (Fsp3) is 0.273. The Balaban J connectivity index is 2.78. The molecule has 76 valence electrons. The van der Waals surface area contributed by atoms with Crippen LogP contribution in [0.3, 0.4) is 0 Å². The zero-order valence-corrected chi connectivity index (χ0v) is 9.36. The van der Waals surface area contributed by atoms with E-state index in [2.05, 4.69) is 6.58 Å². The van der Waals surface area contributed by atoms with Gasteiger partial charge >= 0.3 is 0 Å². The van der Waals surface area contributed by atoms with Gasteiger partial charge in [0.25, 0.3) is 0 Å². The number of anilines is 1. The predicted molar refractivity (Wildman–Crippen MR) is 62.9 cm³/mol. The fourth-order valence-corrected chi connectivity index (χ4v) is 1.80. The normalized spacial score (nSPS) is 9.86. The van der Waals surface area contributed by atoms with E-state index >= 15 is 0 Å². The molecule has 0 atom stereocenters. The number of thioether (sulfide) groups is 1. The summed E-state index contributed by atoms with van der Waals surface area (Å²) >= 11 is 1.68. The Morgan fingerprint density at radius 1 is 1.57 bits per heavy atom. The highest BCUT2D eigenvalue weighted by atomic mass is 32.2. The van der Waals surface area contributed by atoms with Crippen LogP contribution in [0.5, 0.6) is 5.75 Å². The van der Waals surface area contributed by atoms with Crippen molar-refractivity contribution in [2.75, 3.05) is 18.6 Å². The lowest BCUT2D eigenvalue weighted by atomic mass is 10.3. The second-order valence-corrected chi connectivity index (χ2v) is 4.17. The molecule has 14 heavy (non-hydrogen) atoms. The Labute approximate surface area is 89.1 Å². The van der Waals surface area contributed by atoms with Crippen molar-refractivity contribution < 1.29 is 4.74 Å². The summed E-state index contributed by atoms with van der Waals surface area (Å²) in [5.74, 6) is 1.72. The van der Waals surface area contributed by atoms with Crippen LogP contribution in [-0.4, -0.2) is 12.9 Å². The van der Waals surface area contributed by atoms with Gasteiger partial charge in [-0.3, -0.25) is 0 Å². The molecule has 0 aliphatic carbocycles. The smallest absolute Gasteiger partial charge is 0.120 e. The van der Waals surface area contributed by atoms with E-state index in [1.54, 1.807) is 18.9 Å². The van der Waals surface area contributed by atoms with E-state index < -0.39 is 0 Å². The van der Waals surface area contributed by atoms with E-state index in [9.17, 15) is 0 Å². The molecule has 0 aromatic heterocycles. The maximum absolute atomic E-state index is 5.82. The Morgan fingerprint density at radius 3 is 2.86 bits per heavy atom. The number of nitrogens with two attached hydrogens (primary N) is 1. The monoisotopic (exact) mass is 209 g/mol. The van der Waals surface area contributed by atoms with E-state index in [1.165, 1.54) is 0 Å². The first-order chi connectivity index (χ1) is 6.63. The first-order valence-corrected chi connectivity index (χ1v) is 5.32. The molecule has 0 unspecified atom stereocenters. The minimum Gasteiger partial charge on any atom is -0.497 e. The van der Waals surface area contributed by atoms with Crippen molar-refractivity contribution >= 4 is 17.4 Å². The highest BCUT2D eigenvalue weighted by Crippen LogP contribution is 2.29. The third-order valence-electron chi connectivity index (χ3n) is 1.69. The van der Waals surface area contributed by atoms with E-state index in [-0.39, 0.29) is 0 Å². The van der Waals surface area contributed by atoms with E-state index in [0.29, 0.717) is 0 Å². The molecule has 0 saturated heterocycles. The van der Waals surface area contributed by atoms with Crippen molar-refractivity contribution in [1.29, 1.82) is 0 Å². The summed E-state index contributed by atoms with van der Waals surface area (Å²) in [6.07, 6.45) is 0. The van der Waals surface area contributed by atoms with Gasteiger partial charge in [-0.2, -0.15) is 0 Å². The van der Waals surface area contributed by atoms with Gasteiger partial charge in [0.15, 0.2) is 0 Å². The van der Waals surface area contributed by atoms with Crippen LogP contribution in [0.25, 0.3) is 0 Å². The van der Waals surface area contributed by atoms with Gasteiger partial charge in [0.1, 0.15) is 5.75 Å². The summed E-state index contributed by atoms with van der Waals surface area (Å²) in [5.41, 5.74) is 7.75. The lowest BCUT2D eigenvalue weighted by Gasteiger charge is -2.07. The van der Waals surface area contributed by atoms with Gasteiger partial charge in [0.2, 0.25) is 0 Å². The summed E-state index contributed by atoms with van der Waals surface area (Å²) in [6.45, 7) is 5.85. The molecule has 1 aromatic rings. The van der Waals surface area contributed by atoms with Crippen molar-refractivity contribution in [2.45, 2.75) is 11.8 Å². The van der Waals surface area contributed by atoms with Crippen molar-refractivity contribution in [3.05, 3.63) is 30.4 Å². The van der Waals surface area contributed by atoms with Gasteiger partial charge in [-0.1, -0.05) is 12.2 Å². The number of hydrogen-bond acceptors (Lipinski definition) is 3. The molecular weight excluding hydrogens is 194 g/mol. The van der Waals surface area contributed by atoms with Crippen LogP contribution in [0.4, 0.5) is 5.69 Å². The Hall–Kier alpha value is -1.09. The fourth-order valence-electron chi connectivity index (χ4n) is 0.968. The molecular formula is C11H15NOS. The third kappa shape index (κ3) is 3.00. The first-order valence-electron chi connectivity index (χ1n) is 4.34. The lowest BCUT2D eigenvalue weighted by Crippen LogP contribution is -1.91. The van der Waals surface area contributed by atoms with Gasteiger partial charge in [-0.15, -0.1) is 11.8 Å². The number of rotatable bonds is 4. The number of ether oxygens (including phenoxy) is 1. The second-order valence-electron chi connectivity index (χ2n) is 3.15. The van der Waals surface area contributed by atoms with Crippen molar-refractivity contribution in [3.63, 3.8) is 0 Å². The molecule has 1 rings (SSSR count). The molecule has 0 bridgehead atoms. The van der Waals surface area contributed by atoms with E-state index in [4.69, 9.17) is 10.5 Å². The van der Waals surface area contributed by atoms with E-state index in [0.717, 1.165) is 27.7 Å². The van der Waals surface area contributed by atoms with Crippen LogP contribution < -0.4 is 10.5 Å². The predicted octanol–water partition coefficient (Wildman–Crippen LogP) is 2.95. The molecule has 2 nitrogen and oxygen atoms in total. The molecule has 0 radical (unpaired) electrons. The molecule has 3 heteroatoms. The Kier molecular flexibility index (Phi) is 3.89. The SMILES string of the molecule is C=C(C)CSc1cc(OC)ccc1N. The van der Waals surface area contributed by atoms with Crippen LogP contribution >= 0.6 is 11.8 Å². The van der Waals surface area contributed by atoms with Gasteiger partial charge in [-0.05, 0) is 25.1 Å². The van der Waals surface area contributed by atoms with Gasteiger partial charge in [0.05, 0.1) is 7.11 Å². The van der Waals surface area contributed by atoms with Crippen LogP contribution in [0.15, 0.2) is 35.2 Å². The van der Waals surface area contributed by atoms with E-state index in [1.807, 2.05) is 25.1 Å². The minimum atomic E-state index is 0.789. The average molecular weight is 209 g/mol. The number of benzene rings is 1. The molecule has 0 amide bonds. The Morgan fingerprint density at radius 2 is 2.29 bits per heavy atom. The topological polar surface area (TPSA) is 35.2 Å². The van der Waals surface area contributed by atoms with Crippen molar-refractivity contribution in [1.82, 2.24) is 0 Å². The molecule has 2 N–H and O–H groups in total. The van der Waals surface area contributed by atoms with Gasteiger partial charge in [-0.25, -0.2) is 0 Å². The summed E-state index contributed by atoms with van der Waals surface area (Å²) in [5, 5.41) is 0. The number of methoxy groups -OCH3 is 1. The van der Waals surface area contributed by atoms with Gasteiger partial charge in [0, 0.05) is 16.3 Å². The highest BCUT2D eigenvalue weighted by molar-refractivity contribution is 7.99. The molecule has 0 aliphatic rings. The molecule has 0 spiro atoms. The third-order valence-corrected chi connectivity index (χ3v) is 3.00. The molecule has 0 heterocycles. The largest absolute Gasteiger partial charge is 0.497 e. The number of hydrogen-bond donors (Lipinski definition) is 1. The molecule has 1 aromatic carbocycles. The van der Waals surface area contributed by atoms with Gasteiger partial charge < -0.3 is 10.5 Å². The Bertz CT molecular complexity index is 336. The zero-order valence-electron chi connectivity index (χ0n) is 8.54. The van der Waals surface area contributed by atoms with Crippen LogP contribution in [0.2, 0.25) is 0 Å². The van der Waals surface area contributed by atoms with Crippen LogP contribution in [0, 0.1) is 0 Å². The molecule has 0 aliphatic heterocycles. The second kappa shape index (κ2) is 4.96. The maximum Gasteiger partial charge on any atom is 0.120 e. The zero-order chi connectivity index (χ0) is 10.6. The molecule has 0 saturated carbocycles. The lowest BCUT2D eigenvalue weighted by molar-refractivity contribution is 0.414. The standard InChI is InChI=1S/C11H15NOS/c1-8(2)7-14-11-6-9(13-3)4-5-10(11)12/h4-6H,1,7,12H2,2-3H3. The summed E-state index contributed by atoms with van der Waals surface area (Å²) in [7, 11) is 1.65. The quantitative estimate of drug-likeness (QED) is 0.470. The number of nitrogen functional groups attached to an aromatic ring is 1. The first kappa shape index (κ1) is 11.0. The molecule has 0 fully saturated rings. The maximum atomic E-state index is 5.82. The van der Waals surface area contributed by atoms with Crippen LogP contribution in [-0.2, 0) is 0 Å². The minimum absolute atomic E-state index is 0.789. The van der Waals surface area contributed by atoms with Crippen LogP contribution in [0.1, 0.15) is 6.92 Å². The highest BCUT2D eigenvalue weighted by Gasteiger charge is 2.01. The summed E-state index contributed by atoms with van der Waals surface area (Å²) < 4.78 is 5.13. The van der Waals surface area contributed by atoms with Crippen molar-refractivity contribution in [2.24, 2.45) is 0 Å². The van der Waals surface area contributed by atoms with Crippen molar-refractivity contribution in [3.8, 4) is 5.75 Å².